The molecule has 94 valence electrons. The average molecular weight is 263 g/mol. The van der Waals surface area contributed by atoms with Crippen LogP contribution in [-0.4, -0.2) is 28.9 Å². The van der Waals surface area contributed by atoms with Gasteiger partial charge >= 0.3 is 0 Å². The van der Waals surface area contributed by atoms with Crippen LogP contribution in [0.4, 0.5) is 5.69 Å². The molecule has 0 amide bonds. The highest BCUT2D eigenvalue weighted by Gasteiger charge is 2.17. The SMILES string of the molecule is Clc1cccc(NC2CCNC2)c1-n1cccn1. The molecule has 2 N–H and O–H groups in total. The molecule has 1 aliphatic heterocycles. The highest BCUT2D eigenvalue weighted by molar-refractivity contribution is 6.33. The minimum Gasteiger partial charge on any atom is -0.379 e. The van der Waals surface area contributed by atoms with Gasteiger partial charge in [-0.15, -0.1) is 0 Å². The first-order valence-electron chi connectivity index (χ1n) is 6.10. The summed E-state index contributed by atoms with van der Waals surface area (Å²) < 4.78 is 1.80. The number of aromatic nitrogens is 2. The molecule has 1 saturated heterocycles. The second kappa shape index (κ2) is 5.00. The summed E-state index contributed by atoms with van der Waals surface area (Å²) in [5.41, 5.74) is 1.94. The first-order valence-corrected chi connectivity index (χ1v) is 6.48. The van der Waals surface area contributed by atoms with Crippen molar-refractivity contribution in [3.05, 3.63) is 41.7 Å². The third-order valence-electron chi connectivity index (χ3n) is 3.14. The lowest BCUT2D eigenvalue weighted by atomic mass is 10.2. The van der Waals surface area contributed by atoms with E-state index in [0.29, 0.717) is 11.1 Å². The Kier molecular flexibility index (Phi) is 3.21. The smallest absolute Gasteiger partial charge is 0.106 e. The van der Waals surface area contributed by atoms with E-state index in [-0.39, 0.29) is 0 Å². The van der Waals surface area contributed by atoms with Gasteiger partial charge in [0.1, 0.15) is 5.69 Å². The molecule has 2 heterocycles. The minimum absolute atomic E-state index is 0.456. The molecule has 3 rings (SSSR count). The van der Waals surface area contributed by atoms with Gasteiger partial charge in [-0.05, 0) is 31.2 Å². The second-order valence-corrected chi connectivity index (χ2v) is 4.83. The lowest BCUT2D eigenvalue weighted by molar-refractivity contribution is 0.787. The maximum atomic E-state index is 6.29. The van der Waals surface area contributed by atoms with Crippen molar-refractivity contribution in [2.45, 2.75) is 12.5 Å². The number of hydrogen-bond acceptors (Lipinski definition) is 3. The molecule has 1 fully saturated rings. The fourth-order valence-electron chi connectivity index (χ4n) is 2.26. The summed E-state index contributed by atoms with van der Waals surface area (Å²) in [5.74, 6) is 0. The van der Waals surface area contributed by atoms with Gasteiger partial charge in [0.05, 0.1) is 10.7 Å². The normalized spacial score (nSPS) is 19.1. The van der Waals surface area contributed by atoms with Gasteiger partial charge in [0.25, 0.3) is 0 Å². The molecule has 0 bridgehead atoms. The lowest BCUT2D eigenvalue weighted by Crippen LogP contribution is -2.23. The first-order chi connectivity index (χ1) is 8.84. The van der Waals surface area contributed by atoms with Gasteiger partial charge in [-0.1, -0.05) is 17.7 Å². The fourth-order valence-corrected chi connectivity index (χ4v) is 2.52. The molecule has 1 aromatic carbocycles. The highest BCUT2D eigenvalue weighted by Crippen LogP contribution is 2.28. The molecule has 1 atom stereocenters. The first kappa shape index (κ1) is 11.6. The monoisotopic (exact) mass is 262 g/mol. The zero-order valence-corrected chi connectivity index (χ0v) is 10.7. The van der Waals surface area contributed by atoms with Crippen molar-refractivity contribution in [2.24, 2.45) is 0 Å². The molecule has 5 heteroatoms. The number of nitrogens with zero attached hydrogens (tertiary/aromatic N) is 2. The predicted molar refractivity (Wildman–Crippen MR) is 73.5 cm³/mol. The van der Waals surface area contributed by atoms with Crippen LogP contribution in [0.15, 0.2) is 36.7 Å². The predicted octanol–water partition coefficient (Wildman–Crippen LogP) is 2.30. The molecule has 1 unspecified atom stereocenters. The molecule has 0 saturated carbocycles. The average Bonchev–Trinajstić information content (AvgIpc) is 3.01. The molecule has 18 heavy (non-hydrogen) atoms. The zero-order valence-electron chi connectivity index (χ0n) is 9.94. The Bertz CT molecular complexity index is 518. The Morgan fingerprint density at radius 1 is 1.39 bits per heavy atom. The summed E-state index contributed by atoms with van der Waals surface area (Å²) in [7, 11) is 0. The van der Waals surface area contributed by atoms with E-state index >= 15 is 0 Å². The number of para-hydroxylation sites is 1. The summed E-state index contributed by atoms with van der Waals surface area (Å²) in [4.78, 5) is 0. The largest absolute Gasteiger partial charge is 0.379 e. The zero-order chi connectivity index (χ0) is 12.4. The van der Waals surface area contributed by atoms with E-state index in [1.54, 1.807) is 10.9 Å². The van der Waals surface area contributed by atoms with Crippen LogP contribution in [0.1, 0.15) is 6.42 Å². The molecule has 0 aliphatic carbocycles. The van der Waals surface area contributed by atoms with Crippen LogP contribution in [0.5, 0.6) is 0 Å². The molecular weight excluding hydrogens is 248 g/mol. The van der Waals surface area contributed by atoms with Gasteiger partial charge < -0.3 is 10.6 Å². The van der Waals surface area contributed by atoms with Crippen molar-refractivity contribution in [3.63, 3.8) is 0 Å². The topological polar surface area (TPSA) is 41.9 Å². The summed E-state index contributed by atoms with van der Waals surface area (Å²) in [6.45, 7) is 2.06. The summed E-state index contributed by atoms with van der Waals surface area (Å²) >= 11 is 6.29. The maximum absolute atomic E-state index is 6.29. The number of nitrogens with one attached hydrogen (secondary N) is 2. The lowest BCUT2D eigenvalue weighted by Gasteiger charge is -2.17. The van der Waals surface area contributed by atoms with Gasteiger partial charge in [-0.25, -0.2) is 4.68 Å². The standard InChI is InChI=1S/C13H15ClN4/c14-11-3-1-4-12(17-10-5-7-15-9-10)13(11)18-8-2-6-16-18/h1-4,6,8,10,15,17H,5,7,9H2. The van der Waals surface area contributed by atoms with Crippen LogP contribution in [0.3, 0.4) is 0 Å². The van der Waals surface area contributed by atoms with Crippen molar-refractivity contribution in [1.82, 2.24) is 15.1 Å². The van der Waals surface area contributed by atoms with Gasteiger partial charge in [-0.2, -0.15) is 5.10 Å². The van der Waals surface area contributed by atoms with Crippen molar-refractivity contribution in [2.75, 3.05) is 18.4 Å². The Morgan fingerprint density at radius 2 is 2.33 bits per heavy atom. The van der Waals surface area contributed by atoms with Crippen LogP contribution < -0.4 is 10.6 Å². The maximum Gasteiger partial charge on any atom is 0.106 e. The Morgan fingerprint density at radius 3 is 3.06 bits per heavy atom. The van der Waals surface area contributed by atoms with Crippen LogP contribution in [-0.2, 0) is 0 Å². The van der Waals surface area contributed by atoms with Crippen LogP contribution >= 0.6 is 11.6 Å². The van der Waals surface area contributed by atoms with E-state index in [0.717, 1.165) is 30.9 Å². The van der Waals surface area contributed by atoms with Crippen LogP contribution in [0, 0.1) is 0 Å². The van der Waals surface area contributed by atoms with Gasteiger partial charge in [0, 0.05) is 25.0 Å². The number of halogens is 1. The third-order valence-corrected chi connectivity index (χ3v) is 3.45. The van der Waals surface area contributed by atoms with Crippen LogP contribution in [0.25, 0.3) is 5.69 Å². The Hall–Kier alpha value is -1.52. The summed E-state index contributed by atoms with van der Waals surface area (Å²) in [5, 5.41) is 11.8. The number of hydrogen-bond donors (Lipinski definition) is 2. The molecule has 1 aromatic heterocycles. The summed E-state index contributed by atoms with van der Waals surface area (Å²) in [6, 6.07) is 8.24. The highest BCUT2D eigenvalue weighted by atomic mass is 35.5. The van der Waals surface area contributed by atoms with E-state index in [4.69, 9.17) is 11.6 Å². The molecule has 0 spiro atoms. The number of anilines is 1. The van der Waals surface area contributed by atoms with Gasteiger partial charge in [0.15, 0.2) is 0 Å². The van der Waals surface area contributed by atoms with E-state index in [9.17, 15) is 0 Å². The van der Waals surface area contributed by atoms with Gasteiger partial charge in [0.2, 0.25) is 0 Å². The van der Waals surface area contributed by atoms with Crippen molar-refractivity contribution in [3.8, 4) is 5.69 Å². The molecule has 1 aliphatic rings. The van der Waals surface area contributed by atoms with Crippen molar-refractivity contribution in [1.29, 1.82) is 0 Å². The van der Waals surface area contributed by atoms with E-state index in [2.05, 4.69) is 15.7 Å². The van der Waals surface area contributed by atoms with Crippen LogP contribution in [0.2, 0.25) is 5.02 Å². The number of benzene rings is 1. The second-order valence-electron chi connectivity index (χ2n) is 4.42. The fraction of sp³-hybridized carbons (Fsp3) is 0.308. The van der Waals surface area contributed by atoms with Crippen molar-refractivity contribution < 1.29 is 0 Å². The van der Waals surface area contributed by atoms with Crippen molar-refractivity contribution >= 4 is 17.3 Å². The quantitative estimate of drug-likeness (QED) is 0.892. The summed E-state index contributed by atoms with van der Waals surface area (Å²) in [6.07, 6.45) is 4.79. The van der Waals surface area contributed by atoms with E-state index in [1.165, 1.54) is 0 Å². The molecule has 0 radical (unpaired) electrons. The van der Waals surface area contributed by atoms with Gasteiger partial charge in [-0.3, -0.25) is 0 Å². The molecule has 2 aromatic rings. The minimum atomic E-state index is 0.456. The number of rotatable bonds is 3. The van der Waals surface area contributed by atoms with E-state index < -0.39 is 0 Å². The Balaban J connectivity index is 1.95. The Labute approximate surface area is 111 Å². The third kappa shape index (κ3) is 2.21. The molecule has 4 nitrogen and oxygen atoms in total. The molecular formula is C13H15ClN4. The van der Waals surface area contributed by atoms with E-state index in [1.807, 2.05) is 30.5 Å².